The molecule has 0 aliphatic heterocycles. The lowest BCUT2D eigenvalue weighted by Crippen LogP contribution is -2.10. The van der Waals surface area contributed by atoms with Gasteiger partial charge >= 0.3 is 0 Å². The molecule has 0 amide bonds. The molecule has 0 saturated heterocycles. The molecule has 1 atom stereocenters. The monoisotopic (exact) mass is 267 g/mol. The van der Waals surface area contributed by atoms with Gasteiger partial charge in [-0.15, -0.1) is 0 Å². The number of benzene rings is 2. The van der Waals surface area contributed by atoms with Crippen molar-refractivity contribution < 1.29 is 18.3 Å². The minimum Gasteiger partial charge on any atom is -0.507 e. The first kappa shape index (κ1) is 13.3. The van der Waals surface area contributed by atoms with Crippen LogP contribution in [0.4, 0.5) is 18.9 Å². The second-order valence-electron chi connectivity index (χ2n) is 4.17. The van der Waals surface area contributed by atoms with Crippen LogP contribution in [-0.2, 0) is 0 Å². The predicted molar refractivity (Wildman–Crippen MR) is 66.5 cm³/mol. The van der Waals surface area contributed by atoms with Gasteiger partial charge in [0.25, 0.3) is 0 Å². The Morgan fingerprint density at radius 2 is 1.68 bits per heavy atom. The molecule has 5 heteroatoms. The van der Waals surface area contributed by atoms with E-state index in [9.17, 15) is 18.3 Å². The Hall–Kier alpha value is -2.17. The van der Waals surface area contributed by atoms with E-state index in [1.54, 1.807) is 6.92 Å². The van der Waals surface area contributed by atoms with Crippen molar-refractivity contribution in [1.29, 1.82) is 0 Å². The third kappa shape index (κ3) is 2.81. The van der Waals surface area contributed by atoms with Gasteiger partial charge in [0.1, 0.15) is 28.9 Å². The Kier molecular flexibility index (Phi) is 3.64. The first-order valence-electron chi connectivity index (χ1n) is 5.68. The zero-order valence-electron chi connectivity index (χ0n) is 10.1. The van der Waals surface area contributed by atoms with Crippen molar-refractivity contribution in [2.75, 3.05) is 5.32 Å². The number of phenols is 1. The van der Waals surface area contributed by atoms with Crippen molar-refractivity contribution in [3.05, 3.63) is 59.4 Å². The molecule has 1 unspecified atom stereocenters. The third-order valence-corrected chi connectivity index (χ3v) is 2.78. The number of phenolic OH excluding ortho intramolecular Hbond substituents is 1. The number of aromatic hydroxyl groups is 1. The van der Waals surface area contributed by atoms with E-state index in [2.05, 4.69) is 5.32 Å². The highest BCUT2D eigenvalue weighted by Crippen LogP contribution is 2.29. The maximum absolute atomic E-state index is 13.5. The summed E-state index contributed by atoms with van der Waals surface area (Å²) >= 11 is 0. The fourth-order valence-corrected chi connectivity index (χ4v) is 1.81. The predicted octanol–water partition coefficient (Wildman–Crippen LogP) is 3.98. The standard InChI is InChI=1S/C14H12F3NO/c1-8(10-6-5-9(15)7-13(10)19)18-14-11(16)3-2-4-12(14)17/h2-8,18-19H,1H3. The Balaban J connectivity index is 2.28. The van der Waals surface area contributed by atoms with Gasteiger partial charge in [-0.05, 0) is 25.1 Å². The minimum atomic E-state index is -0.728. The number of hydrogen-bond donors (Lipinski definition) is 2. The molecule has 0 heterocycles. The van der Waals surface area contributed by atoms with Crippen LogP contribution in [0.25, 0.3) is 0 Å². The normalized spacial score (nSPS) is 12.2. The zero-order chi connectivity index (χ0) is 14.0. The van der Waals surface area contributed by atoms with Crippen molar-refractivity contribution in [2.24, 2.45) is 0 Å². The average molecular weight is 267 g/mol. The van der Waals surface area contributed by atoms with E-state index >= 15 is 0 Å². The quantitative estimate of drug-likeness (QED) is 0.881. The Labute approximate surface area is 108 Å². The lowest BCUT2D eigenvalue weighted by atomic mass is 10.1. The molecule has 0 saturated carbocycles. The molecule has 0 fully saturated rings. The SMILES string of the molecule is CC(Nc1c(F)cccc1F)c1ccc(F)cc1O. The highest BCUT2D eigenvalue weighted by molar-refractivity contribution is 5.49. The summed E-state index contributed by atoms with van der Waals surface area (Å²) in [7, 11) is 0. The van der Waals surface area contributed by atoms with Gasteiger partial charge in [-0.3, -0.25) is 0 Å². The Morgan fingerprint density at radius 1 is 1.05 bits per heavy atom. The van der Waals surface area contributed by atoms with Crippen LogP contribution in [0, 0.1) is 17.5 Å². The first-order valence-corrected chi connectivity index (χ1v) is 5.68. The van der Waals surface area contributed by atoms with Gasteiger partial charge < -0.3 is 10.4 Å². The molecule has 0 radical (unpaired) electrons. The topological polar surface area (TPSA) is 32.3 Å². The molecule has 0 spiro atoms. The molecule has 2 rings (SSSR count). The number of halogens is 3. The number of nitrogens with one attached hydrogen (secondary N) is 1. The Bertz CT molecular complexity index is 581. The van der Waals surface area contributed by atoms with Crippen LogP contribution in [0.2, 0.25) is 0 Å². The maximum Gasteiger partial charge on any atom is 0.149 e. The maximum atomic E-state index is 13.5. The molecule has 0 aliphatic rings. The minimum absolute atomic E-state index is 0.267. The Morgan fingerprint density at radius 3 is 2.26 bits per heavy atom. The number of anilines is 1. The molecule has 100 valence electrons. The van der Waals surface area contributed by atoms with Crippen LogP contribution in [0.3, 0.4) is 0 Å². The summed E-state index contributed by atoms with van der Waals surface area (Å²) in [5, 5.41) is 12.2. The van der Waals surface area contributed by atoms with Crippen LogP contribution in [0.1, 0.15) is 18.5 Å². The van der Waals surface area contributed by atoms with E-state index in [1.165, 1.54) is 18.2 Å². The summed E-state index contributed by atoms with van der Waals surface area (Å²) < 4.78 is 39.8. The largest absolute Gasteiger partial charge is 0.507 e. The van der Waals surface area contributed by atoms with Gasteiger partial charge in [-0.25, -0.2) is 13.2 Å². The number of hydrogen-bond acceptors (Lipinski definition) is 2. The van der Waals surface area contributed by atoms with Gasteiger partial charge in [0.15, 0.2) is 0 Å². The lowest BCUT2D eigenvalue weighted by molar-refractivity contribution is 0.459. The molecule has 2 N–H and O–H groups in total. The fraction of sp³-hybridized carbons (Fsp3) is 0.143. The summed E-state index contributed by atoms with van der Waals surface area (Å²) in [6.45, 7) is 1.61. The summed E-state index contributed by atoms with van der Waals surface area (Å²) in [6, 6.07) is 6.42. The molecule has 0 aromatic heterocycles. The summed E-state index contributed by atoms with van der Waals surface area (Å²) in [5.74, 6) is -2.30. The van der Waals surface area contributed by atoms with Gasteiger partial charge in [-0.1, -0.05) is 12.1 Å². The van der Waals surface area contributed by atoms with Crippen LogP contribution >= 0.6 is 0 Å². The highest BCUT2D eigenvalue weighted by atomic mass is 19.1. The molecule has 2 aromatic carbocycles. The van der Waals surface area contributed by atoms with Crippen molar-refractivity contribution in [3.8, 4) is 5.75 Å². The fourth-order valence-electron chi connectivity index (χ4n) is 1.81. The average Bonchev–Trinajstić information content (AvgIpc) is 2.33. The van der Waals surface area contributed by atoms with Crippen LogP contribution in [0.5, 0.6) is 5.75 Å². The molecular formula is C14H12F3NO. The van der Waals surface area contributed by atoms with Crippen molar-refractivity contribution in [3.63, 3.8) is 0 Å². The zero-order valence-corrected chi connectivity index (χ0v) is 10.1. The van der Waals surface area contributed by atoms with Crippen molar-refractivity contribution in [1.82, 2.24) is 0 Å². The summed E-state index contributed by atoms with van der Waals surface area (Å²) in [4.78, 5) is 0. The van der Waals surface area contributed by atoms with Crippen LogP contribution in [0.15, 0.2) is 36.4 Å². The molecular weight excluding hydrogens is 255 g/mol. The molecule has 2 aromatic rings. The second kappa shape index (κ2) is 5.22. The highest BCUT2D eigenvalue weighted by Gasteiger charge is 2.15. The van der Waals surface area contributed by atoms with Crippen molar-refractivity contribution in [2.45, 2.75) is 13.0 Å². The summed E-state index contributed by atoms with van der Waals surface area (Å²) in [6.07, 6.45) is 0. The number of para-hydroxylation sites is 1. The second-order valence-corrected chi connectivity index (χ2v) is 4.17. The molecule has 0 bridgehead atoms. The lowest BCUT2D eigenvalue weighted by Gasteiger charge is -2.17. The van der Waals surface area contributed by atoms with E-state index in [0.717, 1.165) is 18.2 Å². The molecule has 2 nitrogen and oxygen atoms in total. The summed E-state index contributed by atoms with van der Waals surface area (Å²) in [5.41, 5.74) is 0.0720. The molecule has 19 heavy (non-hydrogen) atoms. The van der Waals surface area contributed by atoms with Crippen LogP contribution in [-0.4, -0.2) is 5.11 Å². The van der Waals surface area contributed by atoms with E-state index in [1.807, 2.05) is 0 Å². The van der Waals surface area contributed by atoms with E-state index in [0.29, 0.717) is 5.56 Å². The van der Waals surface area contributed by atoms with Gasteiger partial charge in [-0.2, -0.15) is 0 Å². The smallest absolute Gasteiger partial charge is 0.149 e. The van der Waals surface area contributed by atoms with Crippen molar-refractivity contribution >= 4 is 5.69 Å². The van der Waals surface area contributed by atoms with E-state index < -0.39 is 23.5 Å². The van der Waals surface area contributed by atoms with E-state index in [4.69, 9.17) is 0 Å². The van der Waals surface area contributed by atoms with Gasteiger partial charge in [0, 0.05) is 11.6 Å². The third-order valence-electron chi connectivity index (χ3n) is 2.78. The number of rotatable bonds is 3. The first-order chi connectivity index (χ1) is 8.99. The molecule has 0 aliphatic carbocycles. The van der Waals surface area contributed by atoms with Gasteiger partial charge in [0.05, 0.1) is 6.04 Å². The van der Waals surface area contributed by atoms with Gasteiger partial charge in [0.2, 0.25) is 0 Å². The van der Waals surface area contributed by atoms with Crippen LogP contribution < -0.4 is 5.32 Å². The van der Waals surface area contributed by atoms with E-state index in [-0.39, 0.29) is 11.4 Å².